The van der Waals surface area contributed by atoms with E-state index in [1.807, 2.05) is 0 Å². The van der Waals surface area contributed by atoms with E-state index in [2.05, 4.69) is 31.2 Å². The molecule has 2 rings (SSSR count). The van der Waals surface area contributed by atoms with Crippen LogP contribution in [-0.2, 0) is 11.2 Å². The number of nitrogens with zero attached hydrogens (tertiary/aromatic N) is 1. The van der Waals surface area contributed by atoms with Gasteiger partial charge in [0.25, 0.3) is 0 Å². The molecule has 17 heavy (non-hydrogen) atoms. The summed E-state index contributed by atoms with van der Waals surface area (Å²) >= 11 is 0. The Hall–Kier alpha value is -1.55. The zero-order valence-corrected chi connectivity index (χ0v) is 10.1. The third kappa shape index (κ3) is 2.77. The Balaban J connectivity index is 2.02. The second-order valence-corrected chi connectivity index (χ2v) is 4.40. The van der Waals surface area contributed by atoms with Gasteiger partial charge in [-0.3, -0.25) is 0 Å². The highest BCUT2D eigenvalue weighted by Crippen LogP contribution is 2.16. The third-order valence-electron chi connectivity index (χ3n) is 3.04. The number of amides is 1. The van der Waals surface area contributed by atoms with Gasteiger partial charge in [-0.2, -0.15) is 0 Å². The van der Waals surface area contributed by atoms with Gasteiger partial charge in [-0.05, 0) is 18.9 Å². The number of rotatable bonds is 4. The average molecular weight is 234 g/mol. The number of carbonyl (C=O) groups is 1. The SMILES string of the molecule is Cc1ccc(CC2COC(=O)N2CCN)cc1. The molecule has 1 aromatic carbocycles. The minimum absolute atomic E-state index is 0.119. The van der Waals surface area contributed by atoms with Crippen molar-refractivity contribution in [1.82, 2.24) is 4.90 Å². The molecule has 2 N–H and O–H groups in total. The molecule has 1 amide bonds. The largest absolute Gasteiger partial charge is 0.447 e. The van der Waals surface area contributed by atoms with Crippen LogP contribution in [0, 0.1) is 6.92 Å². The molecule has 92 valence electrons. The van der Waals surface area contributed by atoms with Gasteiger partial charge in [0.05, 0.1) is 6.04 Å². The summed E-state index contributed by atoms with van der Waals surface area (Å²) in [5.74, 6) is 0. The summed E-state index contributed by atoms with van der Waals surface area (Å²) < 4.78 is 5.06. The van der Waals surface area contributed by atoms with Crippen LogP contribution < -0.4 is 5.73 Å². The second-order valence-electron chi connectivity index (χ2n) is 4.40. The molecular formula is C13H18N2O2. The van der Waals surface area contributed by atoms with Gasteiger partial charge in [-0.15, -0.1) is 0 Å². The minimum atomic E-state index is -0.243. The molecule has 4 nitrogen and oxygen atoms in total. The summed E-state index contributed by atoms with van der Waals surface area (Å²) in [6.45, 7) is 3.56. The molecule has 0 bridgehead atoms. The van der Waals surface area contributed by atoms with E-state index >= 15 is 0 Å². The Morgan fingerprint density at radius 3 is 2.76 bits per heavy atom. The van der Waals surface area contributed by atoms with Crippen molar-refractivity contribution < 1.29 is 9.53 Å². The number of aryl methyl sites for hydroxylation is 1. The van der Waals surface area contributed by atoms with Crippen LogP contribution in [0.5, 0.6) is 0 Å². The molecule has 1 unspecified atom stereocenters. The fraction of sp³-hybridized carbons (Fsp3) is 0.462. The first kappa shape index (κ1) is 11.9. The fourth-order valence-corrected chi connectivity index (χ4v) is 2.07. The highest BCUT2D eigenvalue weighted by Gasteiger charge is 2.31. The van der Waals surface area contributed by atoms with Gasteiger partial charge in [0.1, 0.15) is 6.61 Å². The lowest BCUT2D eigenvalue weighted by molar-refractivity contribution is 0.158. The van der Waals surface area contributed by atoms with Gasteiger partial charge in [0.2, 0.25) is 0 Å². The maximum atomic E-state index is 11.5. The Labute approximate surface area is 101 Å². The molecule has 1 aliphatic heterocycles. The van der Waals surface area contributed by atoms with E-state index in [9.17, 15) is 4.79 Å². The van der Waals surface area contributed by atoms with E-state index < -0.39 is 0 Å². The summed E-state index contributed by atoms with van der Waals surface area (Å²) in [5.41, 5.74) is 7.96. The Bertz CT molecular complexity index is 389. The van der Waals surface area contributed by atoms with Gasteiger partial charge >= 0.3 is 6.09 Å². The van der Waals surface area contributed by atoms with E-state index in [0.717, 1.165) is 6.42 Å². The molecule has 1 aliphatic rings. The summed E-state index contributed by atoms with van der Waals surface area (Å²) in [6, 6.07) is 8.48. The number of cyclic esters (lactones) is 1. The molecule has 1 heterocycles. The molecule has 1 fully saturated rings. The van der Waals surface area contributed by atoms with E-state index in [-0.39, 0.29) is 12.1 Å². The predicted octanol–water partition coefficient (Wildman–Crippen LogP) is 1.32. The molecule has 4 heteroatoms. The Kier molecular flexibility index (Phi) is 3.64. The molecular weight excluding hydrogens is 216 g/mol. The predicted molar refractivity (Wildman–Crippen MR) is 65.8 cm³/mol. The first-order valence-corrected chi connectivity index (χ1v) is 5.89. The van der Waals surface area contributed by atoms with Crippen molar-refractivity contribution in [1.29, 1.82) is 0 Å². The lowest BCUT2D eigenvalue weighted by atomic mass is 10.0. The molecule has 0 aliphatic carbocycles. The van der Waals surface area contributed by atoms with Crippen LogP contribution in [0.2, 0.25) is 0 Å². The van der Waals surface area contributed by atoms with Crippen molar-refractivity contribution in [2.45, 2.75) is 19.4 Å². The van der Waals surface area contributed by atoms with Crippen molar-refractivity contribution in [3.8, 4) is 0 Å². The standard InChI is InChI=1S/C13H18N2O2/c1-10-2-4-11(5-3-10)8-12-9-17-13(16)15(12)7-6-14/h2-5,12H,6-9,14H2,1H3. The van der Waals surface area contributed by atoms with Gasteiger partial charge in [-0.1, -0.05) is 29.8 Å². The maximum absolute atomic E-state index is 11.5. The van der Waals surface area contributed by atoms with Crippen molar-refractivity contribution in [3.63, 3.8) is 0 Å². The quantitative estimate of drug-likeness (QED) is 0.854. The van der Waals surface area contributed by atoms with Crippen LogP contribution >= 0.6 is 0 Å². The summed E-state index contributed by atoms with van der Waals surface area (Å²) in [4.78, 5) is 13.2. The first-order valence-electron chi connectivity index (χ1n) is 5.89. The molecule has 1 atom stereocenters. The summed E-state index contributed by atoms with van der Waals surface area (Å²) in [6.07, 6.45) is 0.582. The summed E-state index contributed by atoms with van der Waals surface area (Å²) in [5, 5.41) is 0. The van der Waals surface area contributed by atoms with E-state index in [1.54, 1.807) is 4.90 Å². The van der Waals surface area contributed by atoms with Crippen molar-refractivity contribution >= 4 is 6.09 Å². The normalized spacial score (nSPS) is 19.5. The first-order chi connectivity index (χ1) is 8.20. The molecule has 0 saturated carbocycles. The number of benzene rings is 1. The number of hydrogen-bond donors (Lipinski definition) is 1. The van der Waals surface area contributed by atoms with Gasteiger partial charge < -0.3 is 15.4 Å². The smallest absolute Gasteiger partial charge is 0.410 e. The van der Waals surface area contributed by atoms with E-state index in [0.29, 0.717) is 19.7 Å². The van der Waals surface area contributed by atoms with Crippen molar-refractivity contribution in [2.75, 3.05) is 19.7 Å². The number of nitrogens with two attached hydrogens (primary N) is 1. The zero-order valence-electron chi connectivity index (χ0n) is 10.1. The van der Waals surface area contributed by atoms with Crippen molar-refractivity contribution in [2.24, 2.45) is 5.73 Å². The number of carbonyl (C=O) groups excluding carboxylic acids is 1. The number of hydrogen-bond acceptors (Lipinski definition) is 3. The van der Waals surface area contributed by atoms with Gasteiger partial charge in [0, 0.05) is 13.1 Å². The third-order valence-corrected chi connectivity index (χ3v) is 3.04. The molecule has 0 radical (unpaired) electrons. The van der Waals surface area contributed by atoms with Gasteiger partial charge in [0.15, 0.2) is 0 Å². The van der Waals surface area contributed by atoms with Crippen molar-refractivity contribution in [3.05, 3.63) is 35.4 Å². The van der Waals surface area contributed by atoms with Crippen LogP contribution in [0.15, 0.2) is 24.3 Å². The minimum Gasteiger partial charge on any atom is -0.447 e. The Morgan fingerprint density at radius 2 is 2.12 bits per heavy atom. The van der Waals surface area contributed by atoms with Crippen LogP contribution in [-0.4, -0.2) is 36.7 Å². The molecule has 0 aromatic heterocycles. The average Bonchev–Trinajstić information content (AvgIpc) is 2.65. The van der Waals surface area contributed by atoms with E-state index in [1.165, 1.54) is 11.1 Å². The maximum Gasteiger partial charge on any atom is 0.410 e. The molecule has 1 aromatic rings. The van der Waals surface area contributed by atoms with Crippen LogP contribution in [0.4, 0.5) is 4.79 Å². The van der Waals surface area contributed by atoms with E-state index in [4.69, 9.17) is 10.5 Å². The summed E-state index contributed by atoms with van der Waals surface area (Å²) in [7, 11) is 0. The lowest BCUT2D eigenvalue weighted by Crippen LogP contribution is -2.38. The molecule has 1 saturated heterocycles. The molecule has 0 spiro atoms. The second kappa shape index (κ2) is 5.19. The van der Waals surface area contributed by atoms with Crippen LogP contribution in [0.3, 0.4) is 0 Å². The zero-order chi connectivity index (χ0) is 12.3. The lowest BCUT2D eigenvalue weighted by Gasteiger charge is -2.20. The van der Waals surface area contributed by atoms with Crippen LogP contribution in [0.1, 0.15) is 11.1 Å². The Morgan fingerprint density at radius 1 is 1.41 bits per heavy atom. The fourth-order valence-electron chi connectivity index (χ4n) is 2.07. The topological polar surface area (TPSA) is 55.6 Å². The highest BCUT2D eigenvalue weighted by atomic mass is 16.6. The highest BCUT2D eigenvalue weighted by molar-refractivity contribution is 5.70. The van der Waals surface area contributed by atoms with Gasteiger partial charge in [-0.25, -0.2) is 4.79 Å². The van der Waals surface area contributed by atoms with Crippen LogP contribution in [0.25, 0.3) is 0 Å². The number of ether oxygens (including phenoxy) is 1. The monoisotopic (exact) mass is 234 g/mol.